The minimum Gasteiger partial charge on any atom is -0.451 e. The van der Waals surface area contributed by atoms with Gasteiger partial charge in [-0.15, -0.1) is 0 Å². The highest BCUT2D eigenvalue weighted by Gasteiger charge is 2.25. The van der Waals surface area contributed by atoms with Crippen molar-refractivity contribution >= 4 is 11.8 Å². The fraction of sp³-hybridized carbons (Fsp3) is 0.235. The maximum atomic E-state index is 11.9. The van der Waals surface area contributed by atoms with Gasteiger partial charge < -0.3 is 9.84 Å². The summed E-state index contributed by atoms with van der Waals surface area (Å²) in [4.78, 5) is 17.5. The van der Waals surface area contributed by atoms with Crippen LogP contribution in [0.25, 0.3) is 0 Å². The molecule has 2 aromatic carbocycles. The molecule has 0 saturated carbocycles. The summed E-state index contributed by atoms with van der Waals surface area (Å²) in [6.45, 7) is 1.69. The minimum absolute atomic E-state index is 0.529. The van der Waals surface area contributed by atoms with Crippen molar-refractivity contribution in [3.05, 3.63) is 66.2 Å². The lowest BCUT2D eigenvalue weighted by atomic mass is 10.1. The first-order chi connectivity index (χ1) is 10.6. The van der Waals surface area contributed by atoms with Crippen molar-refractivity contribution in [1.82, 2.24) is 0 Å². The topological polar surface area (TPSA) is 59.0 Å². The summed E-state index contributed by atoms with van der Waals surface area (Å²) in [6.07, 6.45) is -2.16. The molecule has 116 valence electrons. The molecule has 0 heterocycles. The van der Waals surface area contributed by atoms with Gasteiger partial charge in [0.1, 0.15) is 12.2 Å². The van der Waals surface area contributed by atoms with Crippen LogP contribution >= 0.6 is 0 Å². The molecule has 2 rings (SSSR count). The molecule has 0 aromatic heterocycles. The van der Waals surface area contributed by atoms with E-state index in [2.05, 4.69) is 0 Å². The number of carbonyl (C=O) groups is 1. The van der Waals surface area contributed by atoms with Crippen molar-refractivity contribution in [2.24, 2.45) is 0 Å². The Hall–Kier alpha value is -2.37. The number of para-hydroxylation sites is 1. The van der Waals surface area contributed by atoms with E-state index in [1.54, 1.807) is 43.3 Å². The fourth-order valence-electron chi connectivity index (χ4n) is 2.00. The highest BCUT2D eigenvalue weighted by Crippen LogP contribution is 2.23. The van der Waals surface area contributed by atoms with Gasteiger partial charge in [-0.2, -0.15) is 5.06 Å². The van der Waals surface area contributed by atoms with Gasteiger partial charge in [0.15, 0.2) is 0 Å². The van der Waals surface area contributed by atoms with Gasteiger partial charge in [0.25, 0.3) is 0 Å². The molecule has 0 bridgehead atoms. The molecular formula is C17H19NO4. The Balaban J connectivity index is 2.15. The van der Waals surface area contributed by atoms with Crippen LogP contribution in [0.2, 0.25) is 0 Å². The van der Waals surface area contributed by atoms with Crippen LogP contribution in [0.3, 0.4) is 0 Å². The van der Waals surface area contributed by atoms with Crippen molar-refractivity contribution in [1.29, 1.82) is 0 Å². The van der Waals surface area contributed by atoms with E-state index in [0.29, 0.717) is 11.3 Å². The number of anilines is 1. The number of benzene rings is 2. The zero-order valence-corrected chi connectivity index (χ0v) is 12.5. The number of hydrogen-bond donors (Lipinski definition) is 1. The SMILES string of the molecule is COC(=O)N(O[C@@H](C)[C@H](O)c1ccccc1)c1ccccc1. The number of hydroxylamine groups is 1. The Kier molecular flexibility index (Phi) is 5.52. The number of nitrogens with zero attached hydrogens (tertiary/aromatic N) is 1. The summed E-state index contributed by atoms with van der Waals surface area (Å²) >= 11 is 0. The zero-order valence-electron chi connectivity index (χ0n) is 12.5. The monoisotopic (exact) mass is 301 g/mol. The lowest BCUT2D eigenvalue weighted by molar-refractivity contribution is -0.0372. The molecule has 0 aliphatic rings. The van der Waals surface area contributed by atoms with Crippen LogP contribution in [0.1, 0.15) is 18.6 Å². The first-order valence-electron chi connectivity index (χ1n) is 6.96. The average molecular weight is 301 g/mol. The molecule has 0 unspecified atom stereocenters. The number of hydrogen-bond acceptors (Lipinski definition) is 4. The van der Waals surface area contributed by atoms with Gasteiger partial charge in [0.2, 0.25) is 0 Å². The smallest absolute Gasteiger partial charge is 0.438 e. The predicted octanol–water partition coefficient (Wildman–Crippen LogP) is 3.31. The number of methoxy groups -OCH3 is 1. The molecule has 0 radical (unpaired) electrons. The standard InChI is InChI=1S/C17H19NO4/c1-13(16(19)14-9-5-3-6-10-14)22-18(17(20)21-2)15-11-7-4-8-12-15/h3-13,16,19H,1-2H3/t13-,16-/m0/s1. The van der Waals surface area contributed by atoms with Crippen LogP contribution in [-0.4, -0.2) is 24.4 Å². The number of carbonyl (C=O) groups excluding carboxylic acids is 1. The van der Waals surface area contributed by atoms with Gasteiger partial charge in [-0.3, -0.25) is 4.84 Å². The predicted molar refractivity (Wildman–Crippen MR) is 83.3 cm³/mol. The summed E-state index contributed by atoms with van der Waals surface area (Å²) in [6, 6.07) is 18.0. The molecule has 2 aromatic rings. The fourth-order valence-corrected chi connectivity index (χ4v) is 2.00. The third-order valence-corrected chi connectivity index (χ3v) is 3.19. The number of ether oxygens (including phenoxy) is 1. The van der Waals surface area contributed by atoms with E-state index >= 15 is 0 Å². The molecule has 22 heavy (non-hydrogen) atoms. The number of rotatable bonds is 5. The van der Waals surface area contributed by atoms with Crippen LogP contribution < -0.4 is 5.06 Å². The number of amides is 1. The highest BCUT2D eigenvalue weighted by molar-refractivity contribution is 5.85. The van der Waals surface area contributed by atoms with Gasteiger partial charge in [0, 0.05) is 0 Å². The van der Waals surface area contributed by atoms with E-state index < -0.39 is 18.3 Å². The lowest BCUT2D eigenvalue weighted by Crippen LogP contribution is -2.36. The second-order valence-corrected chi connectivity index (χ2v) is 4.77. The Labute approximate surface area is 129 Å². The molecule has 5 heteroatoms. The third kappa shape index (κ3) is 3.84. The first kappa shape index (κ1) is 16.0. The van der Waals surface area contributed by atoms with Crippen LogP contribution in [0.5, 0.6) is 0 Å². The molecule has 0 aliphatic heterocycles. The quantitative estimate of drug-likeness (QED) is 0.861. The molecule has 0 fully saturated rings. The van der Waals surface area contributed by atoms with Crippen molar-refractivity contribution in [3.63, 3.8) is 0 Å². The summed E-state index contributed by atoms with van der Waals surface area (Å²) in [5, 5.41) is 11.4. The summed E-state index contributed by atoms with van der Waals surface area (Å²) in [5.74, 6) is 0. The normalized spacial score (nSPS) is 13.2. The van der Waals surface area contributed by atoms with E-state index in [0.717, 1.165) is 5.06 Å². The molecule has 1 N–H and O–H groups in total. The second-order valence-electron chi connectivity index (χ2n) is 4.77. The largest absolute Gasteiger partial charge is 0.451 e. The van der Waals surface area contributed by atoms with E-state index in [4.69, 9.17) is 9.57 Å². The van der Waals surface area contributed by atoms with Crippen LogP contribution in [0, 0.1) is 0 Å². The number of aliphatic hydroxyl groups excluding tert-OH is 1. The van der Waals surface area contributed by atoms with E-state index in [1.807, 2.05) is 24.3 Å². The molecular weight excluding hydrogens is 282 g/mol. The summed E-state index contributed by atoms with van der Waals surface area (Å²) in [5.41, 5.74) is 1.24. The third-order valence-electron chi connectivity index (χ3n) is 3.19. The second kappa shape index (κ2) is 7.59. The Morgan fingerprint density at radius 3 is 2.14 bits per heavy atom. The van der Waals surface area contributed by atoms with E-state index in [-0.39, 0.29) is 0 Å². The highest BCUT2D eigenvalue weighted by atomic mass is 16.7. The Morgan fingerprint density at radius 2 is 1.59 bits per heavy atom. The Morgan fingerprint density at radius 1 is 1.05 bits per heavy atom. The van der Waals surface area contributed by atoms with Gasteiger partial charge in [0.05, 0.1) is 12.8 Å². The average Bonchev–Trinajstić information content (AvgIpc) is 2.59. The van der Waals surface area contributed by atoms with Crippen molar-refractivity contribution in [2.45, 2.75) is 19.1 Å². The summed E-state index contributed by atoms with van der Waals surface area (Å²) < 4.78 is 4.73. The zero-order chi connectivity index (χ0) is 15.9. The van der Waals surface area contributed by atoms with Crippen molar-refractivity contribution < 1.29 is 19.5 Å². The molecule has 5 nitrogen and oxygen atoms in total. The molecule has 1 amide bonds. The van der Waals surface area contributed by atoms with E-state index in [9.17, 15) is 9.90 Å². The van der Waals surface area contributed by atoms with Crippen molar-refractivity contribution in [2.75, 3.05) is 12.2 Å². The van der Waals surface area contributed by atoms with Gasteiger partial charge in [-0.1, -0.05) is 48.5 Å². The molecule has 2 atom stereocenters. The lowest BCUT2D eigenvalue weighted by Gasteiger charge is -2.27. The minimum atomic E-state index is -0.864. The first-order valence-corrected chi connectivity index (χ1v) is 6.96. The molecule has 0 aliphatic carbocycles. The maximum Gasteiger partial charge on any atom is 0.438 e. The maximum absolute atomic E-state index is 11.9. The van der Waals surface area contributed by atoms with Gasteiger partial charge in [-0.05, 0) is 24.6 Å². The van der Waals surface area contributed by atoms with Crippen molar-refractivity contribution in [3.8, 4) is 0 Å². The molecule has 0 saturated heterocycles. The van der Waals surface area contributed by atoms with Crippen LogP contribution in [0.15, 0.2) is 60.7 Å². The van der Waals surface area contributed by atoms with Crippen LogP contribution in [0.4, 0.5) is 10.5 Å². The van der Waals surface area contributed by atoms with Gasteiger partial charge in [-0.25, -0.2) is 4.79 Å². The van der Waals surface area contributed by atoms with E-state index in [1.165, 1.54) is 7.11 Å². The van der Waals surface area contributed by atoms with Gasteiger partial charge >= 0.3 is 6.09 Å². The number of aliphatic hydroxyl groups is 1. The Bertz CT molecular complexity index is 588. The summed E-state index contributed by atoms with van der Waals surface area (Å²) in [7, 11) is 1.28. The van der Waals surface area contributed by atoms with Crippen LogP contribution in [-0.2, 0) is 9.57 Å². The molecule has 0 spiro atoms.